The summed E-state index contributed by atoms with van der Waals surface area (Å²) in [6.07, 6.45) is 1.68. The van der Waals surface area contributed by atoms with E-state index in [0.717, 1.165) is 29.8 Å². The van der Waals surface area contributed by atoms with Crippen LogP contribution in [0.1, 0.15) is 31.6 Å². The lowest BCUT2D eigenvalue weighted by atomic mass is 9.97. The van der Waals surface area contributed by atoms with Crippen LogP contribution in [0.15, 0.2) is 52.9 Å². The van der Waals surface area contributed by atoms with Crippen molar-refractivity contribution in [2.75, 3.05) is 25.0 Å². The van der Waals surface area contributed by atoms with Crippen LogP contribution < -0.4 is 10.1 Å². The topological polar surface area (TPSA) is 67.6 Å². The Balaban J connectivity index is 1.38. The summed E-state index contributed by atoms with van der Waals surface area (Å²) < 4.78 is 11.5. The summed E-state index contributed by atoms with van der Waals surface area (Å²) in [4.78, 5) is 19.1. The predicted molar refractivity (Wildman–Crippen MR) is 104 cm³/mol. The molecule has 140 valence electrons. The number of likely N-dealkylation sites (tertiary alicyclic amines) is 1. The Morgan fingerprint density at radius 1 is 1.19 bits per heavy atom. The number of hydrogen-bond acceptors (Lipinski definition) is 4. The third kappa shape index (κ3) is 3.74. The van der Waals surface area contributed by atoms with E-state index in [2.05, 4.69) is 10.3 Å². The lowest BCUT2D eigenvalue weighted by molar-refractivity contribution is 0.190. The van der Waals surface area contributed by atoms with Crippen LogP contribution in [0, 0.1) is 0 Å². The number of nitrogens with zero attached hydrogens (tertiary/aromatic N) is 2. The van der Waals surface area contributed by atoms with E-state index in [-0.39, 0.29) is 11.9 Å². The van der Waals surface area contributed by atoms with Gasteiger partial charge in [-0.3, -0.25) is 0 Å². The molecule has 27 heavy (non-hydrogen) atoms. The van der Waals surface area contributed by atoms with Gasteiger partial charge in [-0.25, -0.2) is 9.78 Å². The number of ether oxygens (including phenoxy) is 1. The number of para-hydroxylation sites is 4. The first-order valence-corrected chi connectivity index (χ1v) is 9.38. The number of fused-ring (bicyclic) bond motifs is 1. The van der Waals surface area contributed by atoms with Crippen LogP contribution in [0.5, 0.6) is 5.75 Å². The van der Waals surface area contributed by atoms with E-state index < -0.39 is 0 Å². The van der Waals surface area contributed by atoms with Gasteiger partial charge in [0.2, 0.25) is 0 Å². The maximum absolute atomic E-state index is 12.6. The number of oxazole rings is 1. The summed E-state index contributed by atoms with van der Waals surface area (Å²) in [5.41, 5.74) is 2.41. The number of amides is 2. The second-order valence-corrected chi connectivity index (χ2v) is 6.64. The van der Waals surface area contributed by atoms with Crippen molar-refractivity contribution in [2.24, 2.45) is 0 Å². The normalized spacial score (nSPS) is 15.1. The van der Waals surface area contributed by atoms with Crippen LogP contribution in [-0.2, 0) is 0 Å². The Bertz CT molecular complexity index is 896. The molecule has 4 rings (SSSR count). The van der Waals surface area contributed by atoms with Gasteiger partial charge in [-0.1, -0.05) is 24.3 Å². The van der Waals surface area contributed by atoms with Crippen molar-refractivity contribution in [3.8, 4) is 5.75 Å². The zero-order valence-electron chi connectivity index (χ0n) is 15.4. The molecule has 0 atom stereocenters. The molecule has 1 fully saturated rings. The van der Waals surface area contributed by atoms with Crippen molar-refractivity contribution in [3.63, 3.8) is 0 Å². The van der Waals surface area contributed by atoms with Crippen molar-refractivity contribution in [2.45, 2.75) is 25.7 Å². The molecule has 1 aromatic heterocycles. The molecule has 0 radical (unpaired) electrons. The molecule has 0 saturated carbocycles. The van der Waals surface area contributed by atoms with Crippen molar-refractivity contribution in [1.29, 1.82) is 0 Å². The van der Waals surface area contributed by atoms with Gasteiger partial charge in [-0.15, -0.1) is 0 Å². The quantitative estimate of drug-likeness (QED) is 0.731. The van der Waals surface area contributed by atoms with Gasteiger partial charge in [0.25, 0.3) is 0 Å². The lowest BCUT2D eigenvalue weighted by Gasteiger charge is -2.30. The standard InChI is InChI=1S/C21H23N3O3/c1-2-26-18-9-5-3-7-16(18)23-21(25)24-13-11-15(12-14-24)20-22-17-8-4-6-10-19(17)27-20/h3-10,15H,2,11-14H2,1H3,(H,23,25). The van der Waals surface area contributed by atoms with E-state index in [1.54, 1.807) is 0 Å². The van der Waals surface area contributed by atoms with Crippen LogP contribution in [0.25, 0.3) is 11.1 Å². The number of carbonyl (C=O) groups excluding carboxylic acids is 1. The van der Waals surface area contributed by atoms with Gasteiger partial charge in [-0.05, 0) is 44.0 Å². The number of rotatable bonds is 4. The van der Waals surface area contributed by atoms with Gasteiger partial charge >= 0.3 is 6.03 Å². The summed E-state index contributed by atoms with van der Waals surface area (Å²) in [7, 11) is 0. The average molecular weight is 365 g/mol. The predicted octanol–water partition coefficient (Wildman–Crippen LogP) is 4.64. The van der Waals surface area contributed by atoms with Crippen LogP contribution in [0.3, 0.4) is 0 Å². The Kier molecular flexibility index (Phi) is 4.96. The zero-order valence-corrected chi connectivity index (χ0v) is 15.4. The summed E-state index contributed by atoms with van der Waals surface area (Å²) in [6, 6.07) is 15.2. The number of anilines is 1. The number of carbonyl (C=O) groups is 1. The minimum atomic E-state index is -0.0989. The minimum absolute atomic E-state index is 0.0989. The molecule has 0 aliphatic carbocycles. The van der Waals surface area contributed by atoms with Crippen molar-refractivity contribution < 1.29 is 13.9 Å². The van der Waals surface area contributed by atoms with Crippen LogP contribution in [-0.4, -0.2) is 35.6 Å². The first kappa shape index (κ1) is 17.4. The van der Waals surface area contributed by atoms with E-state index in [4.69, 9.17) is 9.15 Å². The van der Waals surface area contributed by atoms with E-state index in [1.165, 1.54) is 0 Å². The Morgan fingerprint density at radius 2 is 1.93 bits per heavy atom. The number of aromatic nitrogens is 1. The molecule has 1 N–H and O–H groups in total. The van der Waals surface area contributed by atoms with Gasteiger partial charge < -0.3 is 19.4 Å². The highest BCUT2D eigenvalue weighted by Gasteiger charge is 2.27. The number of piperidine rings is 1. The molecular formula is C21H23N3O3. The van der Waals surface area contributed by atoms with Crippen molar-refractivity contribution in [3.05, 3.63) is 54.4 Å². The smallest absolute Gasteiger partial charge is 0.321 e. The molecule has 3 aromatic rings. The van der Waals surface area contributed by atoms with Gasteiger partial charge in [0.1, 0.15) is 11.3 Å². The molecule has 0 spiro atoms. The third-order valence-electron chi connectivity index (χ3n) is 4.87. The minimum Gasteiger partial charge on any atom is -0.492 e. The van der Waals surface area contributed by atoms with Gasteiger partial charge in [0, 0.05) is 19.0 Å². The molecular weight excluding hydrogens is 342 g/mol. The number of urea groups is 1. The molecule has 2 heterocycles. The van der Waals surface area contributed by atoms with Crippen LogP contribution in [0.4, 0.5) is 10.5 Å². The Labute approximate surface area is 158 Å². The highest BCUT2D eigenvalue weighted by atomic mass is 16.5. The monoisotopic (exact) mass is 365 g/mol. The fourth-order valence-corrected chi connectivity index (χ4v) is 3.44. The number of hydrogen-bond donors (Lipinski definition) is 1. The maximum atomic E-state index is 12.6. The Morgan fingerprint density at radius 3 is 2.70 bits per heavy atom. The van der Waals surface area contributed by atoms with Gasteiger partial charge in [0.15, 0.2) is 11.5 Å². The van der Waals surface area contributed by atoms with Crippen LogP contribution in [0.2, 0.25) is 0 Å². The summed E-state index contributed by atoms with van der Waals surface area (Å²) in [6.45, 7) is 3.83. The van der Waals surface area contributed by atoms with Crippen molar-refractivity contribution >= 4 is 22.8 Å². The molecule has 2 aromatic carbocycles. The largest absolute Gasteiger partial charge is 0.492 e. The van der Waals surface area contributed by atoms with E-state index in [9.17, 15) is 4.79 Å². The van der Waals surface area contributed by atoms with E-state index in [1.807, 2.05) is 60.4 Å². The second kappa shape index (κ2) is 7.70. The summed E-state index contributed by atoms with van der Waals surface area (Å²) >= 11 is 0. The zero-order chi connectivity index (χ0) is 18.6. The number of benzene rings is 2. The third-order valence-corrected chi connectivity index (χ3v) is 4.87. The molecule has 0 unspecified atom stereocenters. The van der Waals surface area contributed by atoms with Crippen LogP contribution >= 0.6 is 0 Å². The van der Waals surface area contributed by atoms with Crippen molar-refractivity contribution in [1.82, 2.24) is 9.88 Å². The fraction of sp³-hybridized carbons (Fsp3) is 0.333. The first-order chi connectivity index (χ1) is 13.2. The number of nitrogens with one attached hydrogen (secondary N) is 1. The molecule has 1 saturated heterocycles. The molecule has 0 bridgehead atoms. The highest BCUT2D eigenvalue weighted by Crippen LogP contribution is 2.30. The first-order valence-electron chi connectivity index (χ1n) is 9.38. The highest BCUT2D eigenvalue weighted by molar-refractivity contribution is 5.91. The fourth-order valence-electron chi connectivity index (χ4n) is 3.44. The molecule has 6 nitrogen and oxygen atoms in total. The summed E-state index contributed by atoms with van der Waals surface area (Å²) in [5, 5.41) is 2.96. The molecule has 1 aliphatic rings. The van der Waals surface area contributed by atoms with Gasteiger partial charge in [-0.2, -0.15) is 0 Å². The van der Waals surface area contributed by atoms with E-state index >= 15 is 0 Å². The SMILES string of the molecule is CCOc1ccccc1NC(=O)N1CCC(c2nc3ccccc3o2)CC1. The molecule has 1 aliphatic heterocycles. The molecule has 6 heteroatoms. The maximum Gasteiger partial charge on any atom is 0.321 e. The lowest BCUT2D eigenvalue weighted by Crippen LogP contribution is -2.40. The molecule has 2 amide bonds. The second-order valence-electron chi connectivity index (χ2n) is 6.64. The average Bonchev–Trinajstić information content (AvgIpc) is 3.14. The summed E-state index contributed by atoms with van der Waals surface area (Å²) in [5.74, 6) is 1.71. The van der Waals surface area contributed by atoms with Gasteiger partial charge in [0.05, 0.1) is 12.3 Å². The Hall–Kier alpha value is -3.02. The van der Waals surface area contributed by atoms with E-state index in [0.29, 0.717) is 31.1 Å².